The minimum atomic E-state index is -1.56. The molecule has 4 aromatic rings. The third kappa shape index (κ3) is 29.2. The van der Waals surface area contributed by atoms with Crippen molar-refractivity contribution in [1.82, 2.24) is 77.9 Å². The number of para-hydroxylation sites is 1. The molecule has 2 aliphatic heterocycles. The highest BCUT2D eigenvalue weighted by Crippen LogP contribution is 2.25. The zero-order valence-corrected chi connectivity index (χ0v) is 66.2. The van der Waals surface area contributed by atoms with Crippen LogP contribution in [0.4, 0.5) is 0 Å². The molecule has 22 N–H and O–H groups in total. The van der Waals surface area contributed by atoms with Crippen molar-refractivity contribution in [1.29, 1.82) is 0 Å². The number of aromatic hydroxyl groups is 1. The first-order valence-electron chi connectivity index (χ1n) is 39.3. The Bertz CT molecular complexity index is 3940. The number of benzene rings is 2. The van der Waals surface area contributed by atoms with Crippen LogP contribution in [0.3, 0.4) is 0 Å². The number of H-pyrrole nitrogens is 2. The lowest BCUT2D eigenvalue weighted by molar-refractivity contribution is -0.144. The molecule has 6 rings (SSSR count). The fourth-order valence-electron chi connectivity index (χ4n) is 13.9. The van der Waals surface area contributed by atoms with Gasteiger partial charge in [-0.3, -0.25) is 67.1 Å². The summed E-state index contributed by atoms with van der Waals surface area (Å²) < 4.78 is 0. The van der Waals surface area contributed by atoms with Crippen molar-refractivity contribution in [2.45, 2.75) is 249 Å². The van der Waals surface area contributed by atoms with Crippen molar-refractivity contribution in [2.75, 3.05) is 26.2 Å². The number of amides is 14. The van der Waals surface area contributed by atoms with Gasteiger partial charge in [0.05, 0.1) is 18.9 Å². The SMILES string of the molecule is CCCC[C@H](NC(=O)[C@@H]1CCCN1C(=O)[C@H](CCC(N)=O)NC(=O)CNC(=O)[C@@H]1CCCN1C(=O)[C@H](CCCCN)NC(=O)[C@H](CC(C)C)NC(=O)[C@H](CCC(N)=O)NC(=O)[C@H](CC(C)C)NC(=O)[C@H](Cc1c[nH]c2ccccc12)NC(=O)[C@H](Cc1cnc[nH]1)NC(=O)[C@@H](N)CC(C)C)C(=O)N[C@@H](Cc1ccc(O)cc1)C(=O)O. The molecule has 2 fully saturated rings. The largest absolute Gasteiger partial charge is 0.508 e. The molecule has 36 heteroatoms. The third-order valence-electron chi connectivity index (χ3n) is 19.8. The number of nitrogens with two attached hydrogens (primary N) is 4. The van der Waals surface area contributed by atoms with Crippen LogP contribution in [0.2, 0.25) is 0 Å². The number of rotatable bonds is 48. The summed E-state index contributed by atoms with van der Waals surface area (Å²) in [4.78, 5) is 222. The van der Waals surface area contributed by atoms with Crippen LogP contribution < -0.4 is 76.1 Å². The van der Waals surface area contributed by atoms with Gasteiger partial charge < -0.3 is 106 Å². The first-order valence-corrected chi connectivity index (χ1v) is 39.3. The van der Waals surface area contributed by atoms with Gasteiger partial charge in [-0.25, -0.2) is 9.78 Å². The van der Waals surface area contributed by atoms with Crippen molar-refractivity contribution in [3.8, 4) is 5.75 Å². The van der Waals surface area contributed by atoms with E-state index in [1.807, 2.05) is 39.0 Å². The Labute approximate surface area is 663 Å². The minimum Gasteiger partial charge on any atom is -0.508 e. The molecule has 0 unspecified atom stereocenters. The molecule has 2 saturated heterocycles. The molecule has 2 aromatic carbocycles. The van der Waals surface area contributed by atoms with E-state index in [0.29, 0.717) is 61.8 Å². The summed E-state index contributed by atoms with van der Waals surface area (Å²) >= 11 is 0. The van der Waals surface area contributed by atoms with Crippen LogP contribution in [0.5, 0.6) is 5.75 Å². The maximum Gasteiger partial charge on any atom is 0.326 e. The van der Waals surface area contributed by atoms with Gasteiger partial charge in [0, 0.05) is 74.2 Å². The second-order valence-electron chi connectivity index (χ2n) is 30.7. The van der Waals surface area contributed by atoms with Gasteiger partial charge in [0.1, 0.15) is 72.2 Å². The number of phenols is 1. The maximum absolute atomic E-state index is 14.9. The summed E-state index contributed by atoms with van der Waals surface area (Å²) in [7, 11) is 0. The summed E-state index contributed by atoms with van der Waals surface area (Å²) in [6, 6.07) is -2.65. The zero-order valence-electron chi connectivity index (χ0n) is 66.2. The molecule has 2 aromatic heterocycles. The molecular weight excluding hydrogens is 1470 g/mol. The van der Waals surface area contributed by atoms with E-state index in [1.165, 1.54) is 46.6 Å². The van der Waals surface area contributed by atoms with Crippen molar-refractivity contribution < 1.29 is 82.1 Å². The molecule has 2 aliphatic rings. The number of carbonyl (C=O) groups excluding carboxylic acids is 14. The number of fused-ring (bicyclic) bond motifs is 1. The topological polar surface area (TPSA) is 572 Å². The van der Waals surface area contributed by atoms with Crippen molar-refractivity contribution >= 4 is 99.6 Å². The van der Waals surface area contributed by atoms with Crippen LogP contribution >= 0.6 is 0 Å². The summed E-state index contributed by atoms with van der Waals surface area (Å²) in [6.07, 6.45) is 5.86. The van der Waals surface area contributed by atoms with Crippen LogP contribution in [0.15, 0.2) is 67.3 Å². The van der Waals surface area contributed by atoms with Gasteiger partial charge in [-0.15, -0.1) is 0 Å². The summed E-state index contributed by atoms with van der Waals surface area (Å²) in [5, 5.41) is 47.3. The Balaban J connectivity index is 1.14. The van der Waals surface area contributed by atoms with Gasteiger partial charge in [0.15, 0.2) is 0 Å². The number of phenolic OH excluding ortho intramolecular Hbond substituents is 1. The van der Waals surface area contributed by atoms with Gasteiger partial charge >= 0.3 is 5.97 Å². The van der Waals surface area contributed by atoms with Crippen LogP contribution in [0.1, 0.15) is 174 Å². The van der Waals surface area contributed by atoms with Gasteiger partial charge in [-0.05, 0) is 137 Å². The van der Waals surface area contributed by atoms with E-state index in [9.17, 15) is 82.1 Å². The second kappa shape index (κ2) is 45.6. The molecule has 0 aliphatic carbocycles. The number of carboxylic acids is 1. The number of aliphatic carboxylic acids is 1. The molecule has 36 nitrogen and oxygen atoms in total. The second-order valence-corrected chi connectivity index (χ2v) is 30.7. The van der Waals surface area contributed by atoms with Gasteiger partial charge in [-0.1, -0.05) is 91.6 Å². The van der Waals surface area contributed by atoms with Crippen molar-refractivity contribution in [2.24, 2.45) is 40.7 Å². The average Bonchev–Trinajstić information content (AvgIpc) is 1.72. The van der Waals surface area contributed by atoms with E-state index in [-0.39, 0.29) is 120 Å². The van der Waals surface area contributed by atoms with Crippen LogP contribution in [0.25, 0.3) is 10.9 Å². The first kappa shape index (κ1) is 91.8. The molecule has 12 atom stereocenters. The number of aromatic nitrogens is 3. The fraction of sp³-hybridized carbons (Fsp3) is 0.590. The van der Waals surface area contributed by atoms with E-state index in [2.05, 4.69) is 68.1 Å². The summed E-state index contributed by atoms with van der Waals surface area (Å²) in [5.41, 5.74) is 25.6. The lowest BCUT2D eigenvalue weighted by atomic mass is 9.99. The minimum absolute atomic E-state index is 0.0119. The molecule has 114 heavy (non-hydrogen) atoms. The highest BCUT2D eigenvalue weighted by molar-refractivity contribution is 6.00. The van der Waals surface area contributed by atoms with Crippen molar-refractivity contribution in [3.63, 3.8) is 0 Å². The summed E-state index contributed by atoms with van der Waals surface area (Å²) in [6.45, 7) is 12.3. The van der Waals surface area contributed by atoms with Crippen LogP contribution in [-0.2, 0) is 91.2 Å². The number of hydrogen-bond acceptors (Lipinski definition) is 19. The monoisotopic (exact) mass is 1590 g/mol. The highest BCUT2D eigenvalue weighted by Gasteiger charge is 2.43. The van der Waals surface area contributed by atoms with E-state index in [1.54, 1.807) is 40.0 Å². The van der Waals surface area contributed by atoms with Gasteiger partial charge in [-0.2, -0.15) is 0 Å². The van der Waals surface area contributed by atoms with Crippen LogP contribution in [0, 0.1) is 17.8 Å². The predicted octanol–water partition coefficient (Wildman–Crippen LogP) is -0.514. The number of carbonyl (C=O) groups is 15. The maximum atomic E-state index is 14.9. The molecule has 0 saturated carbocycles. The first-order chi connectivity index (χ1) is 54.2. The van der Waals surface area contributed by atoms with Gasteiger partial charge in [0.25, 0.3) is 0 Å². The molecule has 626 valence electrons. The molecule has 0 radical (unpaired) electrons. The number of carboxylic acid groups (broad SMARTS) is 1. The number of aromatic amines is 2. The number of unbranched alkanes of at least 4 members (excludes halogenated alkanes) is 2. The van der Waals surface area contributed by atoms with Gasteiger partial charge in [0.2, 0.25) is 82.7 Å². The number of nitrogens with zero attached hydrogens (tertiary/aromatic N) is 3. The fourth-order valence-corrected chi connectivity index (χ4v) is 13.9. The van der Waals surface area contributed by atoms with E-state index in [4.69, 9.17) is 22.9 Å². The Morgan fingerprint density at radius 1 is 0.526 bits per heavy atom. The Morgan fingerprint density at radius 2 is 1.01 bits per heavy atom. The molecule has 0 spiro atoms. The van der Waals surface area contributed by atoms with E-state index < -0.39 is 174 Å². The standard InChI is InChI=1S/C78H117N19O17/c1-8-9-17-53(68(103)95-61(78(113)114)36-46-22-24-49(98)25-23-46)89-75(110)63-21-15-32-97(63)77(112)56(27-29-65(82)100)87-66(101)41-85-74(109)62-20-14-31-96(62)76(111)55(19-12-13-30-79)90-71(106)58(35-45(6)7)92-69(104)54(26-28-64(81)99)88-70(105)57(34-44(4)5)93-72(107)59(37-47-39-84-52-18-11-10-16-50(47)52)94-73(108)60(38-48-40-83-42-86-48)91-67(102)51(80)33-43(2)3/h10-11,16,18,22-25,39-40,42-45,51,53-63,84,98H,8-9,12-15,17,19-21,26-38,41,79-80H2,1-7H3,(H2,81,99)(H2,82,100)(H,83,86)(H,85,109)(H,87,101)(H,88,105)(H,89,110)(H,90,106)(H,91,102)(H,92,104)(H,93,107)(H,94,108)(H,95,103)(H,113,114)/t51-,53-,54-,55-,56-,57-,58-,59-,60-,61-,62-,63-/m0/s1. The number of nitrogens with one attached hydrogen (secondary N) is 12. The predicted molar refractivity (Wildman–Crippen MR) is 419 cm³/mol. The Kier molecular flexibility index (Phi) is 36.7. The lowest BCUT2D eigenvalue weighted by Crippen LogP contribution is -2.61. The average molecular weight is 1590 g/mol. The number of hydrogen-bond donors (Lipinski definition) is 18. The lowest BCUT2D eigenvalue weighted by Gasteiger charge is -2.31. The van der Waals surface area contributed by atoms with E-state index >= 15 is 0 Å². The third-order valence-corrected chi connectivity index (χ3v) is 19.8. The van der Waals surface area contributed by atoms with E-state index in [0.717, 1.165) is 10.9 Å². The number of likely N-dealkylation sites (tertiary alicyclic amines) is 2. The molecule has 4 heterocycles. The zero-order chi connectivity index (χ0) is 83.9. The Hall–Kier alpha value is -11.0. The number of primary amides is 2. The number of imidazole rings is 1. The quantitative estimate of drug-likeness (QED) is 0.0248. The van der Waals surface area contributed by atoms with Crippen LogP contribution in [-0.4, -0.2) is 222 Å². The van der Waals surface area contributed by atoms with Crippen molar-refractivity contribution in [3.05, 3.63) is 84.1 Å². The smallest absolute Gasteiger partial charge is 0.326 e. The summed E-state index contributed by atoms with van der Waals surface area (Å²) in [5.74, 6) is -13.0. The normalized spacial score (nSPS) is 16.7. The highest BCUT2D eigenvalue weighted by atomic mass is 16.4. The molecule has 14 amide bonds. The molecule has 0 bridgehead atoms. The Morgan fingerprint density at radius 3 is 1.55 bits per heavy atom. The molecular formula is C78H117N19O17.